The summed E-state index contributed by atoms with van der Waals surface area (Å²) in [6.07, 6.45) is 0. The van der Waals surface area contributed by atoms with Crippen LogP contribution in [0.2, 0.25) is 0 Å². The van der Waals surface area contributed by atoms with Gasteiger partial charge >= 0.3 is 21.7 Å². The molecule has 101 valence electrons. The Morgan fingerprint density at radius 1 is 0.800 bits per heavy atom. The van der Waals surface area contributed by atoms with Crippen molar-refractivity contribution in [3.63, 3.8) is 0 Å². The van der Waals surface area contributed by atoms with Gasteiger partial charge < -0.3 is 24.8 Å². The SMILES string of the molecule is Cc1cc(C)cc(-c2cc3ccccc3[cH-]2)c1.[Cl-].[Cl-].[Ti+3]. The molecule has 3 heteroatoms. The summed E-state index contributed by atoms with van der Waals surface area (Å²) in [4.78, 5) is 0. The maximum Gasteiger partial charge on any atom is 3.00 e. The molecule has 20 heavy (non-hydrogen) atoms. The maximum absolute atomic E-state index is 2.27. The number of fused-ring (bicyclic) bond motifs is 1. The fourth-order valence-electron chi connectivity index (χ4n) is 2.46. The normalized spacial score (nSPS) is 9.30. The van der Waals surface area contributed by atoms with E-state index in [1.54, 1.807) is 0 Å². The standard InChI is InChI=1S/C17H15.2ClH.Ti/c1-12-7-13(2)9-16(8-12)17-10-14-5-3-4-6-15(14)11-17;;;/h3-11H,1-2H3;2*1H;/q-1;;;+3/p-2. The van der Waals surface area contributed by atoms with Crippen molar-refractivity contribution in [1.29, 1.82) is 0 Å². The van der Waals surface area contributed by atoms with E-state index in [2.05, 4.69) is 68.4 Å². The average Bonchev–Trinajstić information content (AvgIpc) is 2.71. The minimum atomic E-state index is 0. The van der Waals surface area contributed by atoms with Gasteiger partial charge in [0.15, 0.2) is 0 Å². The van der Waals surface area contributed by atoms with Gasteiger partial charge in [0, 0.05) is 0 Å². The summed E-state index contributed by atoms with van der Waals surface area (Å²) >= 11 is 0. The van der Waals surface area contributed by atoms with Crippen molar-refractivity contribution in [3.05, 3.63) is 65.7 Å². The summed E-state index contributed by atoms with van der Waals surface area (Å²) in [7, 11) is 0. The number of hydrogen-bond acceptors (Lipinski definition) is 0. The molecule has 0 aliphatic rings. The molecule has 0 aliphatic heterocycles. The second-order valence-electron chi connectivity index (χ2n) is 4.75. The zero-order chi connectivity index (χ0) is 11.8. The molecule has 0 N–H and O–H groups in total. The largest absolute Gasteiger partial charge is 3.00 e. The van der Waals surface area contributed by atoms with E-state index >= 15 is 0 Å². The average molecular weight is 338 g/mol. The molecule has 0 spiro atoms. The van der Waals surface area contributed by atoms with Gasteiger partial charge in [-0.25, -0.2) is 0 Å². The first-order valence-electron chi connectivity index (χ1n) is 5.96. The molecule has 0 aromatic heterocycles. The molecule has 0 fully saturated rings. The summed E-state index contributed by atoms with van der Waals surface area (Å²) in [6.45, 7) is 4.30. The van der Waals surface area contributed by atoms with E-state index in [0.29, 0.717) is 0 Å². The molecule has 0 saturated heterocycles. The van der Waals surface area contributed by atoms with E-state index in [0.717, 1.165) is 0 Å². The number of halogens is 2. The van der Waals surface area contributed by atoms with E-state index in [9.17, 15) is 0 Å². The molecule has 0 bridgehead atoms. The molecule has 0 unspecified atom stereocenters. The molecule has 3 rings (SSSR count). The Bertz CT molecular complexity index is 633. The Balaban J connectivity index is 0.00000120. The van der Waals surface area contributed by atoms with Crippen LogP contribution in [0, 0.1) is 13.8 Å². The van der Waals surface area contributed by atoms with Crippen molar-refractivity contribution in [3.8, 4) is 11.1 Å². The second-order valence-corrected chi connectivity index (χ2v) is 4.75. The Morgan fingerprint density at radius 3 is 2.00 bits per heavy atom. The molecule has 0 amide bonds. The summed E-state index contributed by atoms with van der Waals surface area (Å²) in [5.41, 5.74) is 5.28. The maximum atomic E-state index is 2.27. The van der Waals surface area contributed by atoms with Gasteiger partial charge in [-0.1, -0.05) is 53.1 Å². The van der Waals surface area contributed by atoms with Crippen molar-refractivity contribution in [2.45, 2.75) is 13.8 Å². The van der Waals surface area contributed by atoms with Crippen LogP contribution >= 0.6 is 0 Å². The fraction of sp³-hybridized carbons (Fsp3) is 0.118. The first kappa shape index (κ1) is 19.3. The summed E-state index contributed by atoms with van der Waals surface area (Å²) in [5.74, 6) is 0. The first-order valence-corrected chi connectivity index (χ1v) is 5.96. The minimum absolute atomic E-state index is 0. The van der Waals surface area contributed by atoms with Crippen LogP contribution < -0.4 is 24.8 Å². The van der Waals surface area contributed by atoms with Gasteiger partial charge in [0.2, 0.25) is 0 Å². The summed E-state index contributed by atoms with van der Waals surface area (Å²) in [5, 5.41) is 2.64. The first-order chi connectivity index (χ1) is 8.22. The van der Waals surface area contributed by atoms with E-state index in [1.165, 1.54) is 33.0 Å². The van der Waals surface area contributed by atoms with Crippen LogP contribution in [0.4, 0.5) is 0 Å². The van der Waals surface area contributed by atoms with Crippen LogP contribution in [0.3, 0.4) is 0 Å². The van der Waals surface area contributed by atoms with Crippen LogP contribution in [0.15, 0.2) is 54.6 Å². The topological polar surface area (TPSA) is 0 Å². The van der Waals surface area contributed by atoms with Gasteiger partial charge in [-0.2, -0.15) is 0 Å². The van der Waals surface area contributed by atoms with Gasteiger partial charge in [-0.3, -0.25) is 0 Å². The van der Waals surface area contributed by atoms with E-state index in [-0.39, 0.29) is 46.5 Å². The van der Waals surface area contributed by atoms with Crippen LogP contribution in [0.25, 0.3) is 21.9 Å². The zero-order valence-corrected chi connectivity index (χ0v) is 14.5. The molecule has 0 heterocycles. The van der Waals surface area contributed by atoms with Gasteiger partial charge in [0.05, 0.1) is 0 Å². The quantitative estimate of drug-likeness (QED) is 0.388. The van der Waals surface area contributed by atoms with Crippen LogP contribution in [0.5, 0.6) is 0 Å². The van der Waals surface area contributed by atoms with Crippen molar-refractivity contribution in [2.24, 2.45) is 0 Å². The van der Waals surface area contributed by atoms with Crippen molar-refractivity contribution in [1.82, 2.24) is 0 Å². The fourth-order valence-corrected chi connectivity index (χ4v) is 2.46. The molecular formula is C17H15Cl2Ti. The number of hydrogen-bond donors (Lipinski definition) is 0. The van der Waals surface area contributed by atoms with Crippen molar-refractivity contribution >= 4 is 10.8 Å². The van der Waals surface area contributed by atoms with Crippen molar-refractivity contribution in [2.75, 3.05) is 0 Å². The smallest absolute Gasteiger partial charge is 1.00 e. The van der Waals surface area contributed by atoms with Gasteiger partial charge in [0.25, 0.3) is 0 Å². The molecule has 0 aliphatic carbocycles. The molecule has 1 radical (unpaired) electrons. The van der Waals surface area contributed by atoms with E-state index in [4.69, 9.17) is 0 Å². The summed E-state index contributed by atoms with van der Waals surface area (Å²) < 4.78 is 0. The predicted molar refractivity (Wildman–Crippen MR) is 74.5 cm³/mol. The number of benzene rings is 2. The van der Waals surface area contributed by atoms with Gasteiger partial charge in [-0.15, -0.1) is 34.5 Å². The van der Waals surface area contributed by atoms with Crippen LogP contribution in [0.1, 0.15) is 11.1 Å². The van der Waals surface area contributed by atoms with E-state index < -0.39 is 0 Å². The zero-order valence-electron chi connectivity index (χ0n) is 11.5. The monoisotopic (exact) mass is 337 g/mol. The van der Waals surface area contributed by atoms with Gasteiger partial charge in [-0.05, 0) is 13.8 Å². The Morgan fingerprint density at radius 2 is 1.40 bits per heavy atom. The predicted octanol–water partition coefficient (Wildman–Crippen LogP) is -1.15. The Hall–Kier alpha value is -0.656. The third-order valence-corrected chi connectivity index (χ3v) is 3.17. The van der Waals surface area contributed by atoms with Crippen LogP contribution in [-0.4, -0.2) is 0 Å². The molecule has 3 aromatic carbocycles. The Kier molecular flexibility index (Phi) is 7.69. The molecule has 0 nitrogen and oxygen atoms in total. The second kappa shape index (κ2) is 7.95. The Labute approximate surface area is 147 Å². The van der Waals surface area contributed by atoms with Crippen molar-refractivity contribution < 1.29 is 46.5 Å². The van der Waals surface area contributed by atoms with Crippen LogP contribution in [-0.2, 0) is 21.7 Å². The minimum Gasteiger partial charge on any atom is -1.00 e. The summed E-state index contributed by atoms with van der Waals surface area (Å²) in [6, 6.07) is 19.8. The molecule has 3 aromatic rings. The number of rotatable bonds is 1. The molecule has 0 saturated carbocycles. The van der Waals surface area contributed by atoms with E-state index in [1.807, 2.05) is 0 Å². The third kappa shape index (κ3) is 3.93. The molecule has 0 atom stereocenters. The molecular weight excluding hydrogens is 323 g/mol. The number of aryl methyl sites for hydroxylation is 2. The van der Waals surface area contributed by atoms with Gasteiger partial charge in [0.1, 0.15) is 0 Å². The third-order valence-electron chi connectivity index (χ3n) is 3.17.